The first-order valence-corrected chi connectivity index (χ1v) is 8.37. The second-order valence-corrected chi connectivity index (χ2v) is 6.61. The van der Waals surface area contributed by atoms with Crippen LogP contribution in [0.4, 0.5) is 0 Å². The molecular weight excluding hydrogens is 344 g/mol. The van der Waals surface area contributed by atoms with Crippen molar-refractivity contribution in [2.24, 2.45) is 5.73 Å². The van der Waals surface area contributed by atoms with E-state index in [1.807, 2.05) is 61.5 Å². The second kappa shape index (κ2) is 10.2. The van der Waals surface area contributed by atoms with Crippen molar-refractivity contribution in [1.82, 2.24) is 5.32 Å². The highest BCUT2D eigenvalue weighted by molar-refractivity contribution is 8.00. The van der Waals surface area contributed by atoms with Crippen LogP contribution in [0.5, 0.6) is 5.75 Å². The van der Waals surface area contributed by atoms with Crippen molar-refractivity contribution in [2.75, 3.05) is 13.7 Å². The van der Waals surface area contributed by atoms with Crippen LogP contribution < -0.4 is 15.8 Å². The zero-order valence-corrected chi connectivity index (χ0v) is 15.4. The molecule has 1 amide bonds. The number of nitrogens with one attached hydrogen (secondary N) is 1. The molecule has 0 aliphatic heterocycles. The Bertz CT molecular complexity index is 623. The zero-order chi connectivity index (χ0) is 16.7. The minimum absolute atomic E-state index is 0. The molecule has 0 saturated heterocycles. The molecule has 2 aromatic rings. The minimum atomic E-state index is -0.196. The van der Waals surface area contributed by atoms with Gasteiger partial charge in [0.05, 0.1) is 12.4 Å². The van der Waals surface area contributed by atoms with Gasteiger partial charge in [0.2, 0.25) is 5.91 Å². The van der Waals surface area contributed by atoms with Gasteiger partial charge in [-0.05, 0) is 36.8 Å². The second-order valence-electron chi connectivity index (χ2n) is 5.20. The molecule has 0 aromatic heterocycles. The normalized spacial score (nSPS) is 12.6. The van der Waals surface area contributed by atoms with Gasteiger partial charge in [-0.25, -0.2) is 0 Å². The Hall–Kier alpha value is -1.69. The van der Waals surface area contributed by atoms with Crippen molar-refractivity contribution in [3.05, 3.63) is 60.2 Å². The molecule has 24 heavy (non-hydrogen) atoms. The predicted octanol–water partition coefficient (Wildman–Crippen LogP) is 3.41. The molecule has 0 radical (unpaired) electrons. The van der Waals surface area contributed by atoms with E-state index in [9.17, 15) is 4.79 Å². The number of rotatable bonds is 7. The summed E-state index contributed by atoms with van der Waals surface area (Å²) in [6, 6.07) is 17.2. The quantitative estimate of drug-likeness (QED) is 0.737. The van der Waals surface area contributed by atoms with Gasteiger partial charge in [0.15, 0.2) is 0 Å². The lowest BCUT2D eigenvalue weighted by molar-refractivity contribution is -0.120. The molecule has 2 aromatic carbocycles. The van der Waals surface area contributed by atoms with Gasteiger partial charge in [0.1, 0.15) is 5.75 Å². The van der Waals surface area contributed by atoms with Crippen LogP contribution in [0.15, 0.2) is 59.5 Å². The molecule has 0 saturated carbocycles. The van der Waals surface area contributed by atoms with Crippen molar-refractivity contribution in [1.29, 1.82) is 0 Å². The number of hydrogen-bond donors (Lipinski definition) is 2. The highest BCUT2D eigenvalue weighted by atomic mass is 35.5. The number of ether oxygens (including phenoxy) is 1. The average molecular weight is 367 g/mol. The lowest BCUT2D eigenvalue weighted by Gasteiger charge is -2.16. The summed E-state index contributed by atoms with van der Waals surface area (Å²) in [4.78, 5) is 13.2. The minimum Gasteiger partial charge on any atom is -0.497 e. The van der Waals surface area contributed by atoms with Crippen LogP contribution in [-0.2, 0) is 4.79 Å². The summed E-state index contributed by atoms with van der Waals surface area (Å²) in [7, 11) is 1.63. The molecule has 130 valence electrons. The van der Waals surface area contributed by atoms with E-state index >= 15 is 0 Å². The molecule has 4 nitrogen and oxygen atoms in total. The molecule has 0 fully saturated rings. The first kappa shape index (κ1) is 20.4. The largest absolute Gasteiger partial charge is 0.497 e. The third-order valence-corrected chi connectivity index (χ3v) is 4.58. The van der Waals surface area contributed by atoms with E-state index in [1.54, 1.807) is 7.11 Å². The first-order valence-electron chi connectivity index (χ1n) is 7.49. The van der Waals surface area contributed by atoms with Crippen LogP contribution >= 0.6 is 24.2 Å². The van der Waals surface area contributed by atoms with E-state index in [-0.39, 0.29) is 29.6 Å². The van der Waals surface area contributed by atoms with Crippen molar-refractivity contribution >= 4 is 30.1 Å². The van der Waals surface area contributed by atoms with Crippen molar-refractivity contribution in [2.45, 2.75) is 23.1 Å². The SMILES string of the molecule is COc1ccc(SC(C)C(=O)NCC(N)c2ccccc2)cc1.Cl. The van der Waals surface area contributed by atoms with Crippen LogP contribution in [0.1, 0.15) is 18.5 Å². The van der Waals surface area contributed by atoms with E-state index in [2.05, 4.69) is 5.32 Å². The van der Waals surface area contributed by atoms with Crippen molar-refractivity contribution in [3.63, 3.8) is 0 Å². The fourth-order valence-electron chi connectivity index (χ4n) is 2.08. The number of carbonyl (C=O) groups excluding carboxylic acids is 1. The summed E-state index contributed by atoms with van der Waals surface area (Å²) < 4.78 is 5.13. The third kappa shape index (κ3) is 6.07. The summed E-state index contributed by atoms with van der Waals surface area (Å²) in [5, 5.41) is 2.73. The Morgan fingerprint density at radius 3 is 2.38 bits per heavy atom. The van der Waals surface area contributed by atoms with E-state index < -0.39 is 0 Å². The monoisotopic (exact) mass is 366 g/mol. The molecule has 0 aliphatic rings. The molecule has 0 bridgehead atoms. The number of methoxy groups -OCH3 is 1. The molecule has 0 heterocycles. The maximum Gasteiger partial charge on any atom is 0.233 e. The summed E-state index contributed by atoms with van der Waals surface area (Å²) in [5.41, 5.74) is 7.11. The molecule has 2 atom stereocenters. The van der Waals surface area contributed by atoms with Crippen LogP contribution in [0.2, 0.25) is 0 Å². The Kier molecular flexibility index (Phi) is 8.68. The molecule has 0 aliphatic carbocycles. The Balaban J connectivity index is 0.00000288. The fourth-order valence-corrected chi connectivity index (χ4v) is 2.98. The lowest BCUT2D eigenvalue weighted by atomic mass is 10.1. The Labute approximate surface area is 153 Å². The number of benzene rings is 2. The van der Waals surface area contributed by atoms with E-state index in [0.29, 0.717) is 6.54 Å². The van der Waals surface area contributed by atoms with Gasteiger partial charge in [-0.1, -0.05) is 30.3 Å². The molecule has 3 N–H and O–H groups in total. The number of thioether (sulfide) groups is 1. The summed E-state index contributed by atoms with van der Waals surface area (Å²) in [5.74, 6) is 0.789. The van der Waals surface area contributed by atoms with Crippen LogP contribution in [0.25, 0.3) is 0 Å². The van der Waals surface area contributed by atoms with Gasteiger partial charge in [-0.3, -0.25) is 4.79 Å². The maximum absolute atomic E-state index is 12.2. The van der Waals surface area contributed by atoms with E-state index in [0.717, 1.165) is 16.2 Å². The number of nitrogens with two attached hydrogens (primary N) is 1. The molecule has 0 spiro atoms. The number of halogens is 1. The van der Waals surface area contributed by atoms with Crippen LogP contribution in [0.3, 0.4) is 0 Å². The lowest BCUT2D eigenvalue weighted by Crippen LogP contribution is -2.36. The van der Waals surface area contributed by atoms with E-state index in [1.165, 1.54) is 11.8 Å². The Morgan fingerprint density at radius 1 is 1.17 bits per heavy atom. The van der Waals surface area contributed by atoms with Gasteiger partial charge >= 0.3 is 0 Å². The van der Waals surface area contributed by atoms with Gasteiger partial charge < -0.3 is 15.8 Å². The third-order valence-electron chi connectivity index (χ3n) is 3.47. The molecular formula is C18H23ClN2O2S. The number of hydrogen-bond acceptors (Lipinski definition) is 4. The summed E-state index contributed by atoms with van der Waals surface area (Å²) >= 11 is 1.51. The number of carbonyl (C=O) groups is 1. The van der Waals surface area contributed by atoms with Gasteiger partial charge in [0, 0.05) is 17.5 Å². The van der Waals surface area contributed by atoms with Gasteiger partial charge in [0.25, 0.3) is 0 Å². The smallest absolute Gasteiger partial charge is 0.233 e. The van der Waals surface area contributed by atoms with E-state index in [4.69, 9.17) is 10.5 Å². The fraction of sp³-hybridized carbons (Fsp3) is 0.278. The topological polar surface area (TPSA) is 64.3 Å². The highest BCUT2D eigenvalue weighted by Crippen LogP contribution is 2.25. The average Bonchev–Trinajstić information content (AvgIpc) is 2.60. The zero-order valence-electron chi connectivity index (χ0n) is 13.8. The molecule has 2 unspecified atom stereocenters. The summed E-state index contributed by atoms with van der Waals surface area (Å²) in [6.07, 6.45) is 0. The molecule has 2 rings (SSSR count). The standard InChI is InChI=1S/C18H22N2O2S.ClH/c1-13(23-16-10-8-15(22-2)9-11-16)18(21)20-12-17(19)14-6-4-3-5-7-14;/h3-11,13,17H,12,19H2,1-2H3,(H,20,21);1H. The first-order chi connectivity index (χ1) is 11.1. The Morgan fingerprint density at radius 2 is 1.79 bits per heavy atom. The van der Waals surface area contributed by atoms with Crippen LogP contribution in [0, 0.1) is 0 Å². The van der Waals surface area contributed by atoms with Crippen molar-refractivity contribution < 1.29 is 9.53 Å². The van der Waals surface area contributed by atoms with Gasteiger partial charge in [-0.15, -0.1) is 24.2 Å². The molecule has 6 heteroatoms. The summed E-state index contributed by atoms with van der Waals surface area (Å²) in [6.45, 7) is 2.31. The predicted molar refractivity (Wildman–Crippen MR) is 102 cm³/mol. The van der Waals surface area contributed by atoms with Crippen LogP contribution in [-0.4, -0.2) is 24.8 Å². The van der Waals surface area contributed by atoms with Crippen molar-refractivity contribution in [3.8, 4) is 5.75 Å². The van der Waals surface area contributed by atoms with Gasteiger partial charge in [-0.2, -0.15) is 0 Å². The number of amides is 1. The highest BCUT2D eigenvalue weighted by Gasteiger charge is 2.15. The maximum atomic E-state index is 12.2.